The van der Waals surface area contributed by atoms with Crippen LogP contribution < -0.4 is 10.1 Å². The molecule has 88 valence electrons. The largest absolute Gasteiger partial charge is 0.423 e. The summed E-state index contributed by atoms with van der Waals surface area (Å²) in [6.07, 6.45) is 3.18. The number of rotatable bonds is 5. The molecule has 1 aromatic carbocycles. The van der Waals surface area contributed by atoms with Crippen molar-refractivity contribution >= 4 is 5.97 Å². The molecule has 1 aromatic rings. The van der Waals surface area contributed by atoms with E-state index in [2.05, 4.69) is 18.5 Å². The van der Waals surface area contributed by atoms with Gasteiger partial charge in [-0.25, -0.2) is 4.79 Å². The fraction of sp³-hybridized carbons (Fsp3) is 0.0714. The fourth-order valence-electron chi connectivity index (χ4n) is 1.14. The van der Waals surface area contributed by atoms with Crippen molar-refractivity contribution in [3.05, 3.63) is 66.9 Å². The number of benzene rings is 1. The molecule has 1 rings (SSSR count). The van der Waals surface area contributed by atoms with Gasteiger partial charge < -0.3 is 10.1 Å². The molecule has 0 radical (unpaired) electrons. The number of carbonyl (C=O) groups is 1. The predicted molar refractivity (Wildman–Crippen MR) is 68.6 cm³/mol. The van der Waals surface area contributed by atoms with Crippen molar-refractivity contribution in [3.63, 3.8) is 0 Å². The van der Waals surface area contributed by atoms with E-state index in [0.717, 1.165) is 0 Å². The van der Waals surface area contributed by atoms with E-state index in [1.54, 1.807) is 43.5 Å². The first kappa shape index (κ1) is 12.8. The molecule has 0 heterocycles. The number of esters is 1. The lowest BCUT2D eigenvalue weighted by molar-refractivity contribution is -0.129. The Hall–Kier alpha value is -2.29. The van der Waals surface area contributed by atoms with Gasteiger partial charge in [-0.15, -0.1) is 0 Å². The molecule has 0 fully saturated rings. The number of para-hydroxylation sites is 1. The summed E-state index contributed by atoms with van der Waals surface area (Å²) in [7, 11) is 1.74. The van der Waals surface area contributed by atoms with Crippen LogP contribution in [0.25, 0.3) is 0 Å². The van der Waals surface area contributed by atoms with Crippen molar-refractivity contribution in [1.82, 2.24) is 5.32 Å². The van der Waals surface area contributed by atoms with Crippen LogP contribution in [0.1, 0.15) is 0 Å². The Balaban J connectivity index is 2.69. The van der Waals surface area contributed by atoms with E-state index in [1.165, 1.54) is 0 Å². The maximum absolute atomic E-state index is 11.7. The average Bonchev–Trinajstić information content (AvgIpc) is 2.36. The maximum Gasteiger partial charge on any atom is 0.342 e. The smallest absolute Gasteiger partial charge is 0.342 e. The Labute approximate surface area is 101 Å². The minimum Gasteiger partial charge on any atom is -0.423 e. The second kappa shape index (κ2) is 6.33. The van der Waals surface area contributed by atoms with E-state index >= 15 is 0 Å². The Kier molecular flexibility index (Phi) is 4.76. The number of allylic oxidation sites excluding steroid dienone is 1. The Bertz CT molecular complexity index is 447. The molecule has 17 heavy (non-hydrogen) atoms. The molecule has 0 saturated heterocycles. The number of hydrogen-bond donors (Lipinski definition) is 1. The number of hydrogen-bond acceptors (Lipinski definition) is 3. The van der Waals surface area contributed by atoms with Crippen molar-refractivity contribution in [3.8, 4) is 5.75 Å². The van der Waals surface area contributed by atoms with Gasteiger partial charge in [-0.1, -0.05) is 31.4 Å². The van der Waals surface area contributed by atoms with Crippen LogP contribution in [0.2, 0.25) is 0 Å². The highest BCUT2D eigenvalue weighted by Crippen LogP contribution is 2.11. The van der Waals surface area contributed by atoms with Crippen molar-refractivity contribution in [1.29, 1.82) is 0 Å². The van der Waals surface area contributed by atoms with Crippen LogP contribution >= 0.6 is 0 Å². The molecule has 1 N–H and O–H groups in total. The SMILES string of the molecule is C=C/C(=C/C(=C)C(=O)Oc1ccccc1)NC. The highest BCUT2D eigenvalue weighted by molar-refractivity contribution is 5.92. The van der Waals surface area contributed by atoms with Crippen molar-refractivity contribution in [2.75, 3.05) is 7.05 Å². The van der Waals surface area contributed by atoms with Gasteiger partial charge in [0.15, 0.2) is 0 Å². The standard InChI is InChI=1S/C14H15NO2/c1-4-12(15-3)10-11(2)14(16)17-13-8-6-5-7-9-13/h4-10,15H,1-2H2,3H3/b12-10-. The summed E-state index contributed by atoms with van der Waals surface area (Å²) in [6.45, 7) is 7.25. The van der Waals surface area contributed by atoms with Crippen LogP contribution in [0.5, 0.6) is 5.75 Å². The molecule has 0 amide bonds. The van der Waals surface area contributed by atoms with E-state index in [0.29, 0.717) is 11.4 Å². The van der Waals surface area contributed by atoms with Gasteiger partial charge in [0, 0.05) is 12.7 Å². The first-order valence-electron chi connectivity index (χ1n) is 5.15. The number of nitrogens with one attached hydrogen (secondary N) is 1. The molecule has 0 bridgehead atoms. The number of carbonyl (C=O) groups excluding carboxylic acids is 1. The van der Waals surface area contributed by atoms with Crippen molar-refractivity contribution in [2.45, 2.75) is 0 Å². The monoisotopic (exact) mass is 229 g/mol. The van der Waals surface area contributed by atoms with E-state index < -0.39 is 5.97 Å². The summed E-state index contributed by atoms with van der Waals surface area (Å²) in [5.41, 5.74) is 0.970. The molecular weight excluding hydrogens is 214 g/mol. The zero-order valence-corrected chi connectivity index (χ0v) is 9.77. The summed E-state index contributed by atoms with van der Waals surface area (Å²) in [5, 5.41) is 2.88. The van der Waals surface area contributed by atoms with Gasteiger partial charge in [-0.05, 0) is 24.3 Å². The lowest BCUT2D eigenvalue weighted by atomic mass is 10.2. The second-order valence-corrected chi connectivity index (χ2v) is 3.28. The zero-order chi connectivity index (χ0) is 12.7. The van der Waals surface area contributed by atoms with Gasteiger partial charge in [0.25, 0.3) is 0 Å². The Morgan fingerprint density at radius 2 is 2.00 bits per heavy atom. The summed E-state index contributed by atoms with van der Waals surface area (Å²) in [4.78, 5) is 11.7. The van der Waals surface area contributed by atoms with Crippen LogP contribution in [-0.2, 0) is 4.79 Å². The van der Waals surface area contributed by atoms with Crippen molar-refractivity contribution < 1.29 is 9.53 Å². The summed E-state index contributed by atoms with van der Waals surface area (Å²) in [6, 6.07) is 8.86. The molecule has 0 aliphatic rings. The highest BCUT2D eigenvalue weighted by Gasteiger charge is 2.07. The third-order valence-electron chi connectivity index (χ3n) is 2.05. The lowest BCUT2D eigenvalue weighted by Gasteiger charge is -2.05. The fourth-order valence-corrected chi connectivity index (χ4v) is 1.14. The molecule has 0 aliphatic heterocycles. The highest BCUT2D eigenvalue weighted by atomic mass is 16.5. The van der Waals surface area contributed by atoms with E-state index in [-0.39, 0.29) is 5.57 Å². The summed E-state index contributed by atoms with van der Waals surface area (Å²) >= 11 is 0. The second-order valence-electron chi connectivity index (χ2n) is 3.28. The average molecular weight is 229 g/mol. The van der Waals surface area contributed by atoms with Gasteiger partial charge in [-0.3, -0.25) is 0 Å². The third-order valence-corrected chi connectivity index (χ3v) is 2.05. The van der Waals surface area contributed by atoms with E-state index in [4.69, 9.17) is 4.74 Å². The molecule has 3 heteroatoms. The van der Waals surface area contributed by atoms with E-state index in [1.807, 2.05) is 6.07 Å². The van der Waals surface area contributed by atoms with Gasteiger partial charge >= 0.3 is 5.97 Å². The first-order chi connectivity index (χ1) is 8.17. The van der Waals surface area contributed by atoms with Crippen LogP contribution in [0, 0.1) is 0 Å². The van der Waals surface area contributed by atoms with Crippen LogP contribution in [-0.4, -0.2) is 13.0 Å². The molecule has 0 aliphatic carbocycles. The minimum absolute atomic E-state index is 0.262. The quantitative estimate of drug-likeness (QED) is 0.365. The molecular formula is C14H15NO2. The van der Waals surface area contributed by atoms with Crippen LogP contribution in [0.15, 0.2) is 66.9 Å². The summed E-state index contributed by atoms with van der Waals surface area (Å²) < 4.78 is 5.12. The maximum atomic E-state index is 11.7. The molecule has 3 nitrogen and oxygen atoms in total. The Morgan fingerprint density at radius 1 is 1.35 bits per heavy atom. The van der Waals surface area contributed by atoms with Gasteiger partial charge in [0.2, 0.25) is 0 Å². The predicted octanol–water partition coefficient (Wildman–Crippen LogP) is 2.44. The minimum atomic E-state index is -0.481. The van der Waals surface area contributed by atoms with Gasteiger partial charge in [-0.2, -0.15) is 0 Å². The van der Waals surface area contributed by atoms with E-state index in [9.17, 15) is 4.79 Å². The molecule has 0 atom stereocenters. The van der Waals surface area contributed by atoms with Crippen molar-refractivity contribution in [2.24, 2.45) is 0 Å². The Morgan fingerprint density at radius 3 is 2.53 bits per heavy atom. The van der Waals surface area contributed by atoms with Crippen LogP contribution in [0.4, 0.5) is 0 Å². The molecule has 0 spiro atoms. The lowest BCUT2D eigenvalue weighted by Crippen LogP contribution is -2.11. The number of ether oxygens (including phenoxy) is 1. The molecule has 0 unspecified atom stereocenters. The normalized spacial score (nSPS) is 10.5. The van der Waals surface area contributed by atoms with Gasteiger partial charge in [0.05, 0.1) is 5.57 Å². The third kappa shape index (κ3) is 3.99. The molecule has 0 aromatic heterocycles. The zero-order valence-electron chi connectivity index (χ0n) is 9.77. The molecule has 0 saturated carbocycles. The topological polar surface area (TPSA) is 38.3 Å². The van der Waals surface area contributed by atoms with Gasteiger partial charge in [0.1, 0.15) is 5.75 Å². The first-order valence-corrected chi connectivity index (χ1v) is 5.15. The number of likely N-dealkylation sites (N-methyl/N-ethyl adjacent to an activating group) is 1. The van der Waals surface area contributed by atoms with Crippen LogP contribution in [0.3, 0.4) is 0 Å². The summed E-state index contributed by atoms with van der Waals surface area (Å²) in [5.74, 6) is 0.0162.